The number of carbonyl (C=O) groups is 3. The van der Waals surface area contributed by atoms with Crippen LogP contribution in [0.5, 0.6) is 17.2 Å². The van der Waals surface area contributed by atoms with Crippen LogP contribution in [0.15, 0.2) is 54.9 Å². The zero-order valence-electron chi connectivity index (χ0n) is 23.8. The molecule has 42 heavy (non-hydrogen) atoms. The van der Waals surface area contributed by atoms with Crippen LogP contribution in [0.1, 0.15) is 42.4 Å². The Hall–Kier alpha value is -4.54. The van der Waals surface area contributed by atoms with Crippen molar-refractivity contribution in [3.63, 3.8) is 0 Å². The van der Waals surface area contributed by atoms with Gasteiger partial charge in [0.05, 0.1) is 19.3 Å². The molecule has 0 spiro atoms. The van der Waals surface area contributed by atoms with Crippen LogP contribution in [0, 0.1) is 0 Å². The molecule has 4 bridgehead atoms. The maximum atomic E-state index is 13.1. The number of carbonyl (C=O) groups excluding carboxylic acids is 3. The van der Waals surface area contributed by atoms with Crippen molar-refractivity contribution in [2.45, 2.75) is 57.2 Å². The monoisotopic (exact) mass is 575 g/mol. The van der Waals surface area contributed by atoms with E-state index in [4.69, 9.17) is 14.2 Å². The highest BCUT2D eigenvalue weighted by atomic mass is 16.5. The summed E-state index contributed by atoms with van der Waals surface area (Å²) in [5, 5.41) is 12.8. The smallest absolute Gasteiger partial charge is 0.258 e. The number of ether oxygens (including phenoxy) is 3. The van der Waals surface area contributed by atoms with Crippen molar-refractivity contribution in [3.05, 3.63) is 71.5 Å². The first kappa shape index (κ1) is 29.0. The first-order chi connectivity index (χ1) is 20.5. The van der Waals surface area contributed by atoms with Crippen molar-refractivity contribution >= 4 is 17.7 Å². The Morgan fingerprint density at radius 2 is 1.93 bits per heavy atom. The van der Waals surface area contributed by atoms with Crippen LogP contribution >= 0.6 is 0 Å². The van der Waals surface area contributed by atoms with E-state index in [0.29, 0.717) is 69.0 Å². The van der Waals surface area contributed by atoms with Gasteiger partial charge in [-0.2, -0.15) is 5.10 Å². The van der Waals surface area contributed by atoms with E-state index in [2.05, 4.69) is 20.8 Å². The zero-order valence-corrected chi connectivity index (χ0v) is 23.8. The fraction of sp³-hybridized carbons (Fsp3) is 0.419. The summed E-state index contributed by atoms with van der Waals surface area (Å²) in [6.07, 6.45) is 6.59. The highest BCUT2D eigenvalue weighted by molar-refractivity contribution is 5.79. The van der Waals surface area contributed by atoms with Gasteiger partial charge in [0.2, 0.25) is 11.8 Å². The van der Waals surface area contributed by atoms with Crippen LogP contribution < -0.4 is 24.8 Å². The molecular weight excluding hydrogens is 538 g/mol. The van der Waals surface area contributed by atoms with Gasteiger partial charge in [-0.05, 0) is 60.2 Å². The summed E-state index contributed by atoms with van der Waals surface area (Å²) in [5.74, 6) is 1.25. The molecule has 1 saturated heterocycles. The third kappa shape index (κ3) is 7.80. The van der Waals surface area contributed by atoms with Crippen LogP contribution in [-0.2, 0) is 33.8 Å². The molecule has 0 aliphatic carbocycles. The normalized spacial score (nSPS) is 19.6. The van der Waals surface area contributed by atoms with Crippen molar-refractivity contribution in [3.8, 4) is 17.2 Å². The van der Waals surface area contributed by atoms with E-state index in [9.17, 15) is 14.4 Å². The van der Waals surface area contributed by atoms with Gasteiger partial charge in [-0.25, -0.2) is 0 Å². The second kappa shape index (κ2) is 13.9. The summed E-state index contributed by atoms with van der Waals surface area (Å²) < 4.78 is 17.6. The lowest BCUT2D eigenvalue weighted by atomic mass is 10.0. The van der Waals surface area contributed by atoms with Crippen LogP contribution in [0.3, 0.4) is 0 Å². The summed E-state index contributed by atoms with van der Waals surface area (Å²) in [6.45, 7) is 1.05. The highest BCUT2D eigenvalue weighted by Crippen LogP contribution is 2.29. The van der Waals surface area contributed by atoms with Crippen molar-refractivity contribution < 1.29 is 28.6 Å². The molecule has 6 heterocycles. The Kier molecular flexibility index (Phi) is 9.58. The highest BCUT2D eigenvalue weighted by Gasteiger charge is 2.34. The Morgan fingerprint density at radius 1 is 1.10 bits per heavy atom. The Morgan fingerprint density at radius 3 is 2.71 bits per heavy atom. The topological polar surface area (TPSA) is 135 Å². The minimum absolute atomic E-state index is 0.0464. The van der Waals surface area contributed by atoms with E-state index in [1.54, 1.807) is 17.2 Å². The molecule has 0 radical (unpaired) electrons. The zero-order chi connectivity index (χ0) is 29.3. The number of hydrogen-bond donors (Lipinski definition) is 3. The predicted molar refractivity (Wildman–Crippen MR) is 154 cm³/mol. The first-order valence-electron chi connectivity index (χ1n) is 14.3. The first-order valence-corrected chi connectivity index (χ1v) is 14.3. The second-order valence-electron chi connectivity index (χ2n) is 10.6. The third-order valence-corrected chi connectivity index (χ3v) is 7.59. The molecule has 0 unspecified atom stereocenters. The lowest BCUT2D eigenvalue weighted by molar-refractivity contribution is -0.135. The number of likely N-dealkylation sites (tertiary alicyclic amines) is 1. The number of aryl methyl sites for hydroxylation is 2. The van der Waals surface area contributed by atoms with Gasteiger partial charge < -0.3 is 29.7 Å². The average Bonchev–Trinajstić information content (AvgIpc) is 3.52. The number of benzene rings is 2. The summed E-state index contributed by atoms with van der Waals surface area (Å²) in [4.78, 5) is 40.4. The molecule has 11 nitrogen and oxygen atoms in total. The third-order valence-electron chi connectivity index (χ3n) is 7.59. The standard InChI is InChI=1S/C31H37N5O6/c1-40-28-15-21-7-11-27(28)41-20-30(38)35-25-19-36(31(39)4-2-3-23-17-33-34-18-23)14-13-26(25)42-24-9-5-22(6-10-24)16-32-29(37)12-8-21/h5-7,9-11,15,17-18,25-26H,2-4,8,12-14,16,19-20H2,1H3,(H,32,37)(H,33,34)(H,35,38)/t25-,26-/m1/s1. The largest absolute Gasteiger partial charge is 0.493 e. The molecule has 2 aromatic carbocycles. The molecule has 2 atom stereocenters. The Balaban J connectivity index is 1.30. The number of nitrogens with zero attached hydrogens (tertiary/aromatic N) is 2. The molecule has 3 amide bonds. The van der Waals surface area contributed by atoms with Gasteiger partial charge in [-0.1, -0.05) is 18.2 Å². The van der Waals surface area contributed by atoms with Gasteiger partial charge in [0.1, 0.15) is 11.9 Å². The molecule has 0 saturated carbocycles. The summed E-state index contributed by atoms with van der Waals surface area (Å²) in [7, 11) is 1.53. The minimum Gasteiger partial charge on any atom is -0.493 e. The number of piperidine rings is 1. The average molecular weight is 576 g/mol. The fourth-order valence-electron chi connectivity index (χ4n) is 5.24. The van der Waals surface area contributed by atoms with Crippen molar-refractivity contribution in [1.29, 1.82) is 0 Å². The van der Waals surface area contributed by atoms with Gasteiger partial charge >= 0.3 is 0 Å². The minimum atomic E-state index is -0.429. The molecule has 222 valence electrons. The predicted octanol–water partition coefficient (Wildman–Crippen LogP) is 2.55. The number of amides is 3. The van der Waals surface area contributed by atoms with Gasteiger partial charge in [-0.3, -0.25) is 19.5 Å². The van der Waals surface area contributed by atoms with E-state index in [1.165, 1.54) is 7.11 Å². The number of hydrogen-bond acceptors (Lipinski definition) is 7. The molecule has 1 aromatic heterocycles. The Labute approximate surface area is 244 Å². The van der Waals surface area contributed by atoms with Crippen molar-refractivity contribution in [1.82, 2.24) is 25.7 Å². The molecule has 5 aliphatic heterocycles. The molecule has 3 N–H and O–H groups in total. The number of aromatic nitrogens is 2. The quantitative estimate of drug-likeness (QED) is 0.426. The lowest BCUT2D eigenvalue weighted by Crippen LogP contribution is -2.58. The number of rotatable bonds is 5. The molecule has 1 fully saturated rings. The van der Waals surface area contributed by atoms with E-state index in [1.807, 2.05) is 42.6 Å². The lowest BCUT2D eigenvalue weighted by Gasteiger charge is -2.39. The van der Waals surface area contributed by atoms with Gasteiger partial charge in [0, 0.05) is 45.1 Å². The van der Waals surface area contributed by atoms with Crippen molar-refractivity contribution in [2.24, 2.45) is 0 Å². The molecular formula is C31H37N5O6. The summed E-state index contributed by atoms with van der Waals surface area (Å²) >= 11 is 0. The molecule has 5 aliphatic rings. The summed E-state index contributed by atoms with van der Waals surface area (Å²) in [5.41, 5.74) is 2.94. The van der Waals surface area contributed by atoms with Gasteiger partial charge in [0.25, 0.3) is 5.91 Å². The van der Waals surface area contributed by atoms with Crippen LogP contribution in [0.4, 0.5) is 0 Å². The number of aromatic amines is 1. The van der Waals surface area contributed by atoms with E-state index in [-0.39, 0.29) is 30.4 Å². The van der Waals surface area contributed by atoms with E-state index in [0.717, 1.165) is 23.1 Å². The van der Waals surface area contributed by atoms with Crippen LogP contribution in [0.25, 0.3) is 0 Å². The number of nitrogens with one attached hydrogen (secondary N) is 3. The maximum absolute atomic E-state index is 13.1. The summed E-state index contributed by atoms with van der Waals surface area (Å²) in [6, 6.07) is 12.6. The molecule has 3 aromatic rings. The SMILES string of the molecule is COc1cc2ccc1OCC(=O)N[C@@H]1CN(C(=O)CCCc3cn[nH]c3)CC[C@H]1Oc1ccc(cc1)CNC(=O)CC2. The fourth-order valence-corrected chi connectivity index (χ4v) is 5.24. The molecule has 8 rings (SSSR count). The van der Waals surface area contributed by atoms with E-state index < -0.39 is 6.04 Å². The number of H-pyrrole nitrogens is 1. The Bertz CT molecular complexity index is 1360. The van der Waals surface area contributed by atoms with Gasteiger partial charge in [0.15, 0.2) is 18.1 Å². The van der Waals surface area contributed by atoms with Crippen molar-refractivity contribution in [2.75, 3.05) is 26.8 Å². The number of methoxy groups -OCH3 is 1. The second-order valence-corrected chi connectivity index (χ2v) is 10.6. The van der Waals surface area contributed by atoms with E-state index >= 15 is 0 Å². The van der Waals surface area contributed by atoms with Crippen LogP contribution in [0.2, 0.25) is 0 Å². The molecule has 11 heteroatoms. The van der Waals surface area contributed by atoms with Crippen LogP contribution in [-0.4, -0.2) is 71.8 Å². The maximum Gasteiger partial charge on any atom is 0.258 e. The van der Waals surface area contributed by atoms with Gasteiger partial charge in [-0.15, -0.1) is 0 Å².